The van der Waals surface area contributed by atoms with E-state index in [1.807, 2.05) is 19.1 Å². The molecule has 0 saturated carbocycles. The van der Waals surface area contributed by atoms with Crippen LogP contribution in [0, 0.1) is 6.92 Å². The van der Waals surface area contributed by atoms with Crippen molar-refractivity contribution in [3.05, 3.63) is 67.1 Å². The molecular weight excluding hydrogens is 379 g/mol. The van der Waals surface area contributed by atoms with Crippen molar-refractivity contribution in [2.24, 2.45) is 0 Å². The lowest BCUT2D eigenvalue weighted by Gasteiger charge is -2.08. The Hall–Kier alpha value is -0.640. The molecule has 0 heterocycles. The van der Waals surface area contributed by atoms with E-state index in [0.717, 1.165) is 14.5 Å². The van der Waals surface area contributed by atoms with Crippen molar-refractivity contribution in [3.8, 4) is 0 Å². The fraction of sp³-hybridized carbons (Fsp3) is 0.0714. The SMILES string of the molecule is Cc1cc(Br)c(C(=O)c2ccccc2Cl)cc1Br. The molecule has 0 fully saturated rings. The van der Waals surface area contributed by atoms with Gasteiger partial charge in [0.2, 0.25) is 0 Å². The highest BCUT2D eigenvalue weighted by atomic mass is 79.9. The topological polar surface area (TPSA) is 17.1 Å². The van der Waals surface area contributed by atoms with E-state index in [4.69, 9.17) is 11.6 Å². The molecule has 0 N–H and O–H groups in total. The number of aryl methyl sites for hydroxylation is 1. The summed E-state index contributed by atoms with van der Waals surface area (Å²) in [5, 5.41) is 0.464. The molecule has 0 unspecified atom stereocenters. The lowest BCUT2D eigenvalue weighted by molar-refractivity contribution is 0.103. The zero-order valence-electron chi connectivity index (χ0n) is 9.51. The Bertz CT molecular complexity index is 623. The molecule has 2 aromatic rings. The van der Waals surface area contributed by atoms with Gasteiger partial charge in [-0.2, -0.15) is 0 Å². The molecule has 2 aromatic carbocycles. The van der Waals surface area contributed by atoms with Crippen molar-refractivity contribution < 1.29 is 4.79 Å². The molecule has 18 heavy (non-hydrogen) atoms. The number of benzene rings is 2. The van der Waals surface area contributed by atoms with Crippen LogP contribution in [-0.2, 0) is 0 Å². The standard InChI is InChI=1S/C14H9Br2ClO/c1-8-6-12(16)10(7-11(8)15)14(18)9-4-2-3-5-13(9)17/h2-7H,1H3. The van der Waals surface area contributed by atoms with Crippen molar-refractivity contribution >= 4 is 49.2 Å². The molecular formula is C14H9Br2ClO. The predicted octanol–water partition coefficient (Wildman–Crippen LogP) is 5.40. The molecule has 1 nitrogen and oxygen atoms in total. The lowest BCUT2D eigenvalue weighted by atomic mass is 10.0. The van der Waals surface area contributed by atoms with Gasteiger partial charge in [0.1, 0.15) is 0 Å². The lowest BCUT2D eigenvalue weighted by Crippen LogP contribution is -2.03. The van der Waals surface area contributed by atoms with Crippen molar-refractivity contribution in [2.45, 2.75) is 6.92 Å². The molecule has 0 bridgehead atoms. The monoisotopic (exact) mass is 386 g/mol. The largest absolute Gasteiger partial charge is 0.289 e. The van der Waals surface area contributed by atoms with Gasteiger partial charge in [0.05, 0.1) is 5.02 Å². The quantitative estimate of drug-likeness (QED) is 0.629. The third kappa shape index (κ3) is 2.68. The molecule has 0 amide bonds. The van der Waals surface area contributed by atoms with Crippen LogP contribution in [0.3, 0.4) is 0 Å². The maximum Gasteiger partial charge on any atom is 0.195 e. The second-order valence-electron chi connectivity index (χ2n) is 3.89. The maximum atomic E-state index is 12.4. The van der Waals surface area contributed by atoms with Crippen molar-refractivity contribution in [3.63, 3.8) is 0 Å². The fourth-order valence-corrected chi connectivity index (χ4v) is 2.81. The van der Waals surface area contributed by atoms with Crippen molar-refractivity contribution in [1.82, 2.24) is 0 Å². The van der Waals surface area contributed by atoms with Gasteiger partial charge in [0, 0.05) is 20.1 Å². The minimum absolute atomic E-state index is 0.0897. The average molecular weight is 388 g/mol. The van der Waals surface area contributed by atoms with E-state index in [9.17, 15) is 4.79 Å². The zero-order valence-corrected chi connectivity index (χ0v) is 13.4. The van der Waals surface area contributed by atoms with Gasteiger partial charge >= 0.3 is 0 Å². The third-order valence-corrected chi connectivity index (χ3v) is 4.45. The molecule has 0 aliphatic carbocycles. The number of carbonyl (C=O) groups is 1. The molecule has 0 spiro atoms. The molecule has 0 saturated heterocycles. The predicted molar refractivity (Wildman–Crippen MR) is 81.5 cm³/mol. The molecule has 0 atom stereocenters. The first-order chi connectivity index (χ1) is 8.50. The summed E-state index contributed by atoms with van der Waals surface area (Å²) >= 11 is 12.9. The minimum Gasteiger partial charge on any atom is -0.289 e. The second-order valence-corrected chi connectivity index (χ2v) is 6.01. The molecule has 2 rings (SSSR count). The highest BCUT2D eigenvalue weighted by Crippen LogP contribution is 2.29. The smallest absolute Gasteiger partial charge is 0.195 e. The van der Waals surface area contributed by atoms with Gasteiger partial charge in [-0.15, -0.1) is 0 Å². The fourth-order valence-electron chi connectivity index (χ4n) is 1.61. The van der Waals surface area contributed by atoms with E-state index in [1.54, 1.807) is 24.3 Å². The molecule has 92 valence electrons. The Morgan fingerprint density at radius 2 is 1.72 bits per heavy atom. The van der Waals surface area contributed by atoms with Crippen LogP contribution in [0.4, 0.5) is 0 Å². The number of carbonyl (C=O) groups excluding carboxylic acids is 1. The molecule has 0 radical (unpaired) electrons. The Labute approximate surface area is 127 Å². The minimum atomic E-state index is -0.0897. The van der Waals surface area contributed by atoms with Crippen LogP contribution in [0.2, 0.25) is 5.02 Å². The van der Waals surface area contributed by atoms with Gasteiger partial charge in [-0.1, -0.05) is 55.6 Å². The zero-order chi connectivity index (χ0) is 13.3. The van der Waals surface area contributed by atoms with Gasteiger partial charge in [-0.3, -0.25) is 4.79 Å². The van der Waals surface area contributed by atoms with E-state index < -0.39 is 0 Å². The number of rotatable bonds is 2. The molecule has 4 heteroatoms. The summed E-state index contributed by atoms with van der Waals surface area (Å²) in [6.07, 6.45) is 0. The van der Waals surface area contributed by atoms with Crippen LogP contribution < -0.4 is 0 Å². The summed E-state index contributed by atoms with van der Waals surface area (Å²) in [6.45, 7) is 1.97. The van der Waals surface area contributed by atoms with Crippen LogP contribution in [0.5, 0.6) is 0 Å². The summed E-state index contributed by atoms with van der Waals surface area (Å²) in [4.78, 5) is 12.4. The van der Waals surface area contributed by atoms with Crippen LogP contribution in [0.15, 0.2) is 45.3 Å². The Kier molecular flexibility index (Phi) is 4.25. The highest BCUT2D eigenvalue weighted by molar-refractivity contribution is 9.11. The van der Waals surface area contributed by atoms with Gasteiger partial charge < -0.3 is 0 Å². The van der Waals surface area contributed by atoms with E-state index in [-0.39, 0.29) is 5.78 Å². The van der Waals surface area contributed by atoms with Crippen LogP contribution in [0.1, 0.15) is 21.5 Å². The summed E-state index contributed by atoms with van der Waals surface area (Å²) < 4.78 is 1.68. The summed E-state index contributed by atoms with van der Waals surface area (Å²) in [6, 6.07) is 10.8. The third-order valence-electron chi connectivity index (χ3n) is 2.61. The molecule has 0 aromatic heterocycles. The number of ketones is 1. The summed E-state index contributed by atoms with van der Waals surface area (Å²) in [5.74, 6) is -0.0897. The van der Waals surface area contributed by atoms with Gasteiger partial charge in [-0.25, -0.2) is 0 Å². The summed E-state index contributed by atoms with van der Waals surface area (Å²) in [5.41, 5.74) is 2.17. The highest BCUT2D eigenvalue weighted by Gasteiger charge is 2.16. The normalized spacial score (nSPS) is 10.4. The first-order valence-electron chi connectivity index (χ1n) is 5.25. The maximum absolute atomic E-state index is 12.4. The number of hydrogen-bond donors (Lipinski definition) is 0. The van der Waals surface area contributed by atoms with Crippen molar-refractivity contribution in [2.75, 3.05) is 0 Å². The van der Waals surface area contributed by atoms with Crippen molar-refractivity contribution in [1.29, 1.82) is 0 Å². The first kappa shape index (κ1) is 13.8. The molecule has 0 aliphatic heterocycles. The average Bonchev–Trinajstić information content (AvgIpc) is 2.33. The number of halogens is 3. The van der Waals surface area contributed by atoms with E-state index in [2.05, 4.69) is 31.9 Å². The Morgan fingerprint density at radius 3 is 2.39 bits per heavy atom. The summed E-state index contributed by atoms with van der Waals surface area (Å²) in [7, 11) is 0. The Balaban J connectivity index is 2.53. The van der Waals surface area contributed by atoms with Crippen LogP contribution in [0.25, 0.3) is 0 Å². The Morgan fingerprint density at radius 1 is 1.06 bits per heavy atom. The second kappa shape index (κ2) is 5.55. The van der Waals surface area contributed by atoms with Crippen LogP contribution >= 0.6 is 43.5 Å². The van der Waals surface area contributed by atoms with E-state index in [1.165, 1.54) is 0 Å². The van der Waals surface area contributed by atoms with Crippen LogP contribution in [-0.4, -0.2) is 5.78 Å². The van der Waals surface area contributed by atoms with E-state index in [0.29, 0.717) is 16.1 Å². The van der Waals surface area contributed by atoms with Gasteiger partial charge in [-0.05, 0) is 36.8 Å². The van der Waals surface area contributed by atoms with E-state index >= 15 is 0 Å². The molecule has 0 aliphatic rings. The van der Waals surface area contributed by atoms with Gasteiger partial charge in [0.15, 0.2) is 5.78 Å². The van der Waals surface area contributed by atoms with Gasteiger partial charge in [0.25, 0.3) is 0 Å². The first-order valence-corrected chi connectivity index (χ1v) is 7.22. The number of hydrogen-bond acceptors (Lipinski definition) is 1.